The average molecular weight is 803 g/mol. The number of pyridine rings is 1. The summed E-state index contributed by atoms with van der Waals surface area (Å²) < 4.78 is 0. The summed E-state index contributed by atoms with van der Waals surface area (Å²) in [6, 6.07) is 14.8. The number of para-hydroxylation sites is 1. The van der Waals surface area contributed by atoms with E-state index in [1.807, 2.05) is 12.3 Å². The molecule has 2 bridgehead atoms. The van der Waals surface area contributed by atoms with Crippen molar-refractivity contribution in [1.82, 2.24) is 30.7 Å². The molecule has 308 valence electrons. The van der Waals surface area contributed by atoms with E-state index in [4.69, 9.17) is 0 Å². The van der Waals surface area contributed by atoms with Crippen molar-refractivity contribution in [3.63, 3.8) is 0 Å². The molecular formula is C44H50N8O7. The Hall–Kier alpha value is -6.51. The Labute approximate surface area is 342 Å². The molecule has 5 N–H and O–H groups in total. The third kappa shape index (κ3) is 9.29. The van der Waals surface area contributed by atoms with Gasteiger partial charge in [-0.05, 0) is 74.9 Å². The smallest absolute Gasteiger partial charge is 0.264 e. The molecule has 0 aliphatic carbocycles. The number of phenolic OH excluding ortho intramolecular Hbond substituents is 1. The van der Waals surface area contributed by atoms with Crippen LogP contribution in [0.25, 0.3) is 0 Å². The third-order valence-electron chi connectivity index (χ3n) is 11.4. The Balaban J connectivity index is 0.732. The summed E-state index contributed by atoms with van der Waals surface area (Å²) in [6.45, 7) is 6.82. The number of piperazine rings is 1. The zero-order chi connectivity index (χ0) is 41.5. The molecule has 0 spiro atoms. The van der Waals surface area contributed by atoms with Gasteiger partial charge in [0.25, 0.3) is 17.7 Å². The molecule has 3 atom stereocenters. The Morgan fingerprint density at radius 2 is 1.68 bits per heavy atom. The molecule has 0 radical (unpaired) electrons. The van der Waals surface area contributed by atoms with E-state index in [1.54, 1.807) is 48.7 Å². The molecule has 3 aromatic rings. The van der Waals surface area contributed by atoms with Gasteiger partial charge in [0.2, 0.25) is 11.8 Å². The van der Waals surface area contributed by atoms with Gasteiger partial charge in [0, 0.05) is 81.1 Å². The number of phenols is 1. The van der Waals surface area contributed by atoms with Gasteiger partial charge in [-0.1, -0.05) is 37.6 Å². The van der Waals surface area contributed by atoms with Crippen molar-refractivity contribution >= 4 is 46.8 Å². The second kappa shape index (κ2) is 18.4. The lowest BCUT2D eigenvalue weighted by Gasteiger charge is -2.34. The van der Waals surface area contributed by atoms with E-state index in [-0.39, 0.29) is 52.1 Å². The minimum atomic E-state index is -0.876. The number of anilines is 2. The predicted molar refractivity (Wildman–Crippen MR) is 221 cm³/mol. The number of fused-ring (bicyclic) bond motifs is 3. The molecule has 15 nitrogen and oxygen atoms in total. The van der Waals surface area contributed by atoms with Crippen molar-refractivity contribution in [2.45, 2.75) is 75.9 Å². The average Bonchev–Trinajstić information content (AvgIpc) is 3.91. The molecule has 59 heavy (non-hydrogen) atoms. The van der Waals surface area contributed by atoms with Gasteiger partial charge >= 0.3 is 0 Å². The maximum absolute atomic E-state index is 13.3. The largest absolute Gasteiger partial charge is 0.507 e. The number of ketones is 1. The number of carbonyl (C=O) groups is 6. The maximum atomic E-state index is 13.3. The molecule has 1 unspecified atom stereocenters. The van der Waals surface area contributed by atoms with Gasteiger partial charge in [-0.2, -0.15) is 0 Å². The number of carbonyl (C=O) groups excluding carboxylic acids is 6. The predicted octanol–water partition coefficient (Wildman–Crippen LogP) is 4.13. The van der Waals surface area contributed by atoms with E-state index in [2.05, 4.69) is 42.6 Å². The summed E-state index contributed by atoms with van der Waals surface area (Å²) in [5.74, 6) is -1.07. The lowest BCUT2D eigenvalue weighted by atomic mass is 10.0. The number of amides is 5. The van der Waals surface area contributed by atoms with Crippen molar-refractivity contribution in [2.24, 2.45) is 0 Å². The zero-order valence-electron chi connectivity index (χ0n) is 33.0. The number of nitrogens with zero attached hydrogens (tertiary/aromatic N) is 4. The molecule has 7 rings (SSSR count). The number of nitrogens with one attached hydrogen (secondary N) is 4. The fraction of sp³-hybridized carbons (Fsp3) is 0.386. The fourth-order valence-electron chi connectivity index (χ4n) is 8.22. The highest BCUT2D eigenvalue weighted by atomic mass is 16.3. The number of hydrogen-bond donors (Lipinski definition) is 5. The summed E-state index contributed by atoms with van der Waals surface area (Å²) in [5, 5.41) is 21.7. The zero-order valence-corrected chi connectivity index (χ0v) is 33.0. The Kier molecular flexibility index (Phi) is 12.7. The second-order valence-electron chi connectivity index (χ2n) is 15.4. The van der Waals surface area contributed by atoms with E-state index < -0.39 is 23.8 Å². The lowest BCUT2D eigenvalue weighted by Crippen LogP contribution is -2.51. The standard InChI is InChI=1S/C44H50N8O7/c1-28-15-17-35(42(57)49-28)52-43(58)33-11-8-12-34(40(33)44(52)59)45-22-9-14-39(55)46-20-6-2-3-7-21-47-41(56)29-16-18-38(48-25-29)51-27-30-24-31(51)26-50(30)23-19-37(54)32-10-4-5-13-36(32)53/h4-5,8,10-13,16,18-19,23,25,30-31,35,45,53H,1-3,6-7,9,14-15,17,20-22,24,26-27H2,(H,46,55)(H,47,56)(H,49,57)/b23-19+/t30-,31-,35?/m1/s1. The Bertz CT molecular complexity index is 2150. The van der Waals surface area contributed by atoms with Gasteiger partial charge in [0.05, 0.1) is 22.3 Å². The molecular weight excluding hydrogens is 753 g/mol. The van der Waals surface area contributed by atoms with E-state index in [0.717, 1.165) is 55.9 Å². The molecule has 3 saturated heterocycles. The Morgan fingerprint density at radius 3 is 2.41 bits per heavy atom. The van der Waals surface area contributed by atoms with Crippen molar-refractivity contribution in [3.8, 4) is 5.75 Å². The number of imide groups is 1. The molecule has 4 aliphatic heterocycles. The van der Waals surface area contributed by atoms with E-state index >= 15 is 0 Å². The van der Waals surface area contributed by atoms with Crippen LogP contribution in [0.1, 0.15) is 99.2 Å². The maximum Gasteiger partial charge on any atom is 0.264 e. The van der Waals surface area contributed by atoms with Gasteiger partial charge in [-0.25, -0.2) is 4.98 Å². The highest BCUT2D eigenvalue weighted by Gasteiger charge is 2.45. The van der Waals surface area contributed by atoms with Crippen LogP contribution < -0.4 is 26.2 Å². The number of likely N-dealkylation sites (tertiary alicyclic amines) is 1. The SMILES string of the molecule is C=C1CCC(N2C(=O)c3cccc(NCCCC(=O)NCCCCCCNC(=O)c4ccc(N5C[C@H]6C[C@@H]5CN6/C=C/C(=O)c5ccccc5O)nc4)c3C2=O)C(=O)N1. The molecule has 5 amide bonds. The van der Waals surface area contributed by atoms with Gasteiger partial charge in [0.15, 0.2) is 5.78 Å². The summed E-state index contributed by atoms with van der Waals surface area (Å²) in [4.78, 5) is 86.7. The van der Waals surface area contributed by atoms with Crippen LogP contribution in [-0.4, -0.2) is 106 Å². The topological polar surface area (TPSA) is 193 Å². The van der Waals surface area contributed by atoms with Crippen LogP contribution in [0.15, 0.2) is 85.3 Å². The number of rotatable bonds is 18. The van der Waals surface area contributed by atoms with E-state index in [1.165, 1.54) is 12.1 Å². The first-order valence-electron chi connectivity index (χ1n) is 20.4. The third-order valence-corrected chi connectivity index (χ3v) is 11.4. The first kappa shape index (κ1) is 40.7. The van der Waals surface area contributed by atoms with Crippen molar-refractivity contribution < 1.29 is 33.9 Å². The van der Waals surface area contributed by atoms with Crippen LogP contribution >= 0.6 is 0 Å². The minimum absolute atomic E-state index is 0.0273. The molecule has 15 heteroatoms. The van der Waals surface area contributed by atoms with Crippen LogP contribution in [0.3, 0.4) is 0 Å². The van der Waals surface area contributed by atoms with Crippen molar-refractivity contribution in [2.75, 3.05) is 42.9 Å². The summed E-state index contributed by atoms with van der Waals surface area (Å²) in [7, 11) is 0. The molecule has 5 heterocycles. The van der Waals surface area contributed by atoms with Crippen LogP contribution in [0, 0.1) is 0 Å². The quantitative estimate of drug-likeness (QED) is 0.0538. The van der Waals surface area contributed by atoms with Crippen LogP contribution in [0.4, 0.5) is 11.5 Å². The number of benzene rings is 2. The number of hydrogen-bond acceptors (Lipinski definition) is 11. The highest BCUT2D eigenvalue weighted by molar-refractivity contribution is 6.25. The number of piperidine rings is 1. The van der Waals surface area contributed by atoms with E-state index in [0.29, 0.717) is 62.3 Å². The van der Waals surface area contributed by atoms with Crippen LogP contribution in [0.5, 0.6) is 5.75 Å². The minimum Gasteiger partial charge on any atom is -0.507 e. The van der Waals surface area contributed by atoms with Gasteiger partial charge < -0.3 is 36.2 Å². The normalized spacial score (nSPS) is 19.7. The van der Waals surface area contributed by atoms with E-state index in [9.17, 15) is 33.9 Å². The first-order chi connectivity index (χ1) is 28.6. The number of aromatic nitrogens is 1. The van der Waals surface area contributed by atoms with Crippen molar-refractivity contribution in [1.29, 1.82) is 0 Å². The van der Waals surface area contributed by atoms with Gasteiger partial charge in [-0.15, -0.1) is 0 Å². The molecule has 1 aromatic heterocycles. The molecule has 0 saturated carbocycles. The fourth-order valence-corrected chi connectivity index (χ4v) is 8.22. The number of aromatic hydroxyl groups is 1. The van der Waals surface area contributed by atoms with Crippen LogP contribution in [0.2, 0.25) is 0 Å². The van der Waals surface area contributed by atoms with Crippen LogP contribution in [-0.2, 0) is 9.59 Å². The number of allylic oxidation sites excluding steroid dienone is 2. The summed E-state index contributed by atoms with van der Waals surface area (Å²) in [5.41, 5.74) is 2.36. The molecule has 3 fully saturated rings. The lowest BCUT2D eigenvalue weighted by molar-refractivity contribution is -0.125. The van der Waals surface area contributed by atoms with Gasteiger partial charge in [0.1, 0.15) is 17.6 Å². The van der Waals surface area contributed by atoms with Gasteiger partial charge in [-0.3, -0.25) is 33.7 Å². The second-order valence-corrected chi connectivity index (χ2v) is 15.4. The molecule has 4 aliphatic rings. The summed E-state index contributed by atoms with van der Waals surface area (Å²) >= 11 is 0. The number of unbranched alkanes of at least 4 members (excludes halogenated alkanes) is 3. The van der Waals surface area contributed by atoms with Crippen molar-refractivity contribution in [3.05, 3.63) is 108 Å². The summed E-state index contributed by atoms with van der Waals surface area (Å²) in [6.07, 6.45) is 11.0. The monoisotopic (exact) mass is 802 g/mol. The Morgan fingerprint density at radius 1 is 0.881 bits per heavy atom. The molecule has 2 aromatic carbocycles. The first-order valence-corrected chi connectivity index (χ1v) is 20.4. The highest BCUT2D eigenvalue weighted by Crippen LogP contribution is 2.35.